The third-order valence-electron chi connectivity index (χ3n) is 2.87. The Bertz CT molecular complexity index is 211. The molecule has 1 unspecified atom stereocenters. The first-order valence-corrected chi connectivity index (χ1v) is 5.17. The lowest BCUT2D eigenvalue weighted by Gasteiger charge is -2.23. The van der Waals surface area contributed by atoms with Gasteiger partial charge in [0.25, 0.3) is 0 Å². The van der Waals surface area contributed by atoms with Crippen molar-refractivity contribution in [1.29, 1.82) is 0 Å². The minimum absolute atomic E-state index is 0.0617. The molecule has 1 atom stereocenters. The fraction of sp³-hybridized carbons (Fsp3) is 0.900. The number of nitrogens with one attached hydrogen (secondary N) is 2. The highest BCUT2D eigenvalue weighted by atomic mass is 16.7. The van der Waals surface area contributed by atoms with Gasteiger partial charge in [-0.25, -0.2) is 0 Å². The topological polar surface area (TPSA) is 59.6 Å². The lowest BCUT2D eigenvalue weighted by Crippen LogP contribution is -2.44. The normalized spacial score (nSPS) is 25.9. The van der Waals surface area contributed by atoms with Crippen LogP contribution in [0.1, 0.15) is 13.3 Å². The highest BCUT2D eigenvalue weighted by Gasteiger charge is 2.36. The lowest BCUT2D eigenvalue weighted by molar-refractivity contribution is -0.134. The van der Waals surface area contributed by atoms with Crippen molar-refractivity contribution < 1.29 is 14.3 Å². The molecular formula is C10H20N2O3. The van der Waals surface area contributed by atoms with E-state index in [0.717, 1.165) is 19.5 Å². The lowest BCUT2D eigenvalue weighted by atomic mass is 9.89. The van der Waals surface area contributed by atoms with Gasteiger partial charge in [-0.2, -0.15) is 0 Å². The SMILES string of the molecule is COC(CNC(=O)C1(C)CCNC1)OC. The summed E-state index contributed by atoms with van der Waals surface area (Å²) in [7, 11) is 3.11. The summed E-state index contributed by atoms with van der Waals surface area (Å²) < 4.78 is 9.99. The first kappa shape index (κ1) is 12.4. The number of hydrogen-bond acceptors (Lipinski definition) is 4. The monoisotopic (exact) mass is 216 g/mol. The Hall–Kier alpha value is -0.650. The van der Waals surface area contributed by atoms with Crippen molar-refractivity contribution >= 4 is 5.91 Å². The van der Waals surface area contributed by atoms with E-state index in [1.807, 2.05) is 6.92 Å². The molecular weight excluding hydrogens is 196 g/mol. The van der Waals surface area contributed by atoms with Crippen LogP contribution in [0.15, 0.2) is 0 Å². The third kappa shape index (κ3) is 3.15. The molecule has 0 aliphatic carbocycles. The van der Waals surface area contributed by atoms with Crippen LogP contribution in [0.3, 0.4) is 0 Å². The molecule has 1 aliphatic heterocycles. The van der Waals surface area contributed by atoms with Gasteiger partial charge in [-0.15, -0.1) is 0 Å². The van der Waals surface area contributed by atoms with E-state index in [4.69, 9.17) is 9.47 Å². The molecule has 1 saturated heterocycles. The number of ether oxygens (including phenoxy) is 2. The van der Waals surface area contributed by atoms with E-state index >= 15 is 0 Å². The van der Waals surface area contributed by atoms with E-state index in [-0.39, 0.29) is 17.6 Å². The summed E-state index contributed by atoms with van der Waals surface area (Å²) in [6, 6.07) is 0. The van der Waals surface area contributed by atoms with Gasteiger partial charge in [-0.3, -0.25) is 4.79 Å². The minimum Gasteiger partial charge on any atom is -0.354 e. The largest absolute Gasteiger partial charge is 0.354 e. The molecule has 1 fully saturated rings. The zero-order valence-electron chi connectivity index (χ0n) is 9.63. The van der Waals surface area contributed by atoms with Crippen LogP contribution >= 0.6 is 0 Å². The molecule has 15 heavy (non-hydrogen) atoms. The Labute approximate surface area is 90.5 Å². The van der Waals surface area contributed by atoms with Crippen molar-refractivity contribution in [2.45, 2.75) is 19.6 Å². The molecule has 0 aromatic heterocycles. The summed E-state index contributed by atoms with van der Waals surface area (Å²) in [4.78, 5) is 11.8. The average Bonchev–Trinajstić information content (AvgIpc) is 2.68. The van der Waals surface area contributed by atoms with Crippen LogP contribution in [0.5, 0.6) is 0 Å². The number of carbonyl (C=O) groups excluding carboxylic acids is 1. The van der Waals surface area contributed by atoms with Gasteiger partial charge in [-0.05, 0) is 19.9 Å². The summed E-state index contributed by atoms with van der Waals surface area (Å²) in [6.07, 6.45) is 0.510. The Kier molecular flexibility index (Phi) is 4.50. The van der Waals surface area contributed by atoms with Crippen molar-refractivity contribution in [2.24, 2.45) is 5.41 Å². The summed E-state index contributed by atoms with van der Waals surface area (Å²) >= 11 is 0. The molecule has 0 bridgehead atoms. The smallest absolute Gasteiger partial charge is 0.227 e. The van der Waals surface area contributed by atoms with Gasteiger partial charge in [0.2, 0.25) is 5.91 Å². The fourth-order valence-corrected chi connectivity index (χ4v) is 1.66. The minimum atomic E-state index is -0.369. The summed E-state index contributed by atoms with van der Waals surface area (Å²) in [6.45, 7) is 4.00. The average molecular weight is 216 g/mol. The van der Waals surface area contributed by atoms with Crippen LogP contribution in [-0.2, 0) is 14.3 Å². The predicted molar refractivity (Wildman–Crippen MR) is 56.4 cm³/mol. The fourth-order valence-electron chi connectivity index (χ4n) is 1.66. The molecule has 0 aromatic carbocycles. The van der Waals surface area contributed by atoms with Crippen LogP contribution in [-0.4, -0.2) is 46.1 Å². The van der Waals surface area contributed by atoms with E-state index < -0.39 is 0 Å². The third-order valence-corrected chi connectivity index (χ3v) is 2.87. The Balaban J connectivity index is 2.35. The molecule has 5 heteroatoms. The van der Waals surface area contributed by atoms with Crippen LogP contribution in [0, 0.1) is 5.41 Å². The van der Waals surface area contributed by atoms with E-state index in [2.05, 4.69) is 10.6 Å². The molecule has 1 heterocycles. The maximum absolute atomic E-state index is 11.8. The molecule has 1 rings (SSSR count). The molecule has 1 amide bonds. The van der Waals surface area contributed by atoms with Crippen LogP contribution < -0.4 is 10.6 Å². The van der Waals surface area contributed by atoms with Gasteiger partial charge in [-0.1, -0.05) is 0 Å². The van der Waals surface area contributed by atoms with Crippen molar-refractivity contribution in [3.63, 3.8) is 0 Å². The van der Waals surface area contributed by atoms with E-state index in [9.17, 15) is 4.79 Å². The van der Waals surface area contributed by atoms with E-state index in [1.165, 1.54) is 0 Å². The van der Waals surface area contributed by atoms with Gasteiger partial charge in [0, 0.05) is 20.8 Å². The number of methoxy groups -OCH3 is 2. The second kappa shape index (κ2) is 5.44. The van der Waals surface area contributed by atoms with Gasteiger partial charge in [0.15, 0.2) is 6.29 Å². The molecule has 0 saturated carbocycles. The zero-order valence-corrected chi connectivity index (χ0v) is 9.63. The highest BCUT2D eigenvalue weighted by molar-refractivity contribution is 5.82. The first-order valence-electron chi connectivity index (χ1n) is 5.17. The van der Waals surface area contributed by atoms with Crippen molar-refractivity contribution in [1.82, 2.24) is 10.6 Å². The molecule has 88 valence electrons. The van der Waals surface area contributed by atoms with Gasteiger partial charge >= 0.3 is 0 Å². The predicted octanol–water partition coefficient (Wildman–Crippen LogP) is -0.279. The molecule has 2 N–H and O–H groups in total. The van der Waals surface area contributed by atoms with Crippen LogP contribution in [0.4, 0.5) is 0 Å². The molecule has 0 spiro atoms. The standard InChI is InChI=1S/C10H20N2O3/c1-10(4-5-11-7-10)9(13)12-6-8(14-2)15-3/h8,11H,4-7H2,1-3H3,(H,12,13). The van der Waals surface area contributed by atoms with E-state index in [0.29, 0.717) is 6.54 Å². The van der Waals surface area contributed by atoms with E-state index in [1.54, 1.807) is 14.2 Å². The second-order valence-corrected chi connectivity index (χ2v) is 4.10. The Morgan fingerprint density at radius 1 is 1.53 bits per heavy atom. The van der Waals surface area contributed by atoms with Crippen LogP contribution in [0.25, 0.3) is 0 Å². The van der Waals surface area contributed by atoms with Crippen molar-refractivity contribution in [2.75, 3.05) is 33.9 Å². The Morgan fingerprint density at radius 3 is 2.67 bits per heavy atom. The zero-order chi connectivity index (χ0) is 11.3. The first-order chi connectivity index (χ1) is 7.12. The maximum atomic E-state index is 11.8. The second-order valence-electron chi connectivity index (χ2n) is 4.10. The Morgan fingerprint density at radius 2 is 2.20 bits per heavy atom. The quantitative estimate of drug-likeness (QED) is 0.621. The van der Waals surface area contributed by atoms with Crippen LogP contribution in [0.2, 0.25) is 0 Å². The van der Waals surface area contributed by atoms with Gasteiger partial charge < -0.3 is 20.1 Å². The number of rotatable bonds is 5. The van der Waals surface area contributed by atoms with Crippen molar-refractivity contribution in [3.8, 4) is 0 Å². The van der Waals surface area contributed by atoms with Crippen molar-refractivity contribution in [3.05, 3.63) is 0 Å². The number of hydrogen-bond donors (Lipinski definition) is 2. The maximum Gasteiger partial charge on any atom is 0.227 e. The number of carbonyl (C=O) groups is 1. The molecule has 1 aliphatic rings. The summed E-state index contributed by atoms with van der Waals surface area (Å²) in [5, 5.41) is 6.02. The highest BCUT2D eigenvalue weighted by Crippen LogP contribution is 2.24. The summed E-state index contributed by atoms with van der Waals surface area (Å²) in [5.74, 6) is 0.0617. The summed E-state index contributed by atoms with van der Waals surface area (Å²) in [5.41, 5.74) is -0.286. The van der Waals surface area contributed by atoms with Gasteiger partial charge in [0.1, 0.15) is 0 Å². The van der Waals surface area contributed by atoms with Gasteiger partial charge in [0.05, 0.1) is 12.0 Å². The number of amides is 1. The molecule has 0 radical (unpaired) electrons. The molecule has 0 aromatic rings. The molecule has 5 nitrogen and oxygen atoms in total.